The Labute approximate surface area is 273 Å². The van der Waals surface area contributed by atoms with Gasteiger partial charge in [-0.3, -0.25) is 14.4 Å². The van der Waals surface area contributed by atoms with Gasteiger partial charge in [-0.2, -0.15) is 0 Å². The number of rotatable bonds is 7. The molecule has 4 heterocycles. The minimum Gasteiger partial charge on any atom is -0.394 e. The average molecular weight is 638 g/mol. The molecule has 6 atom stereocenters. The summed E-state index contributed by atoms with van der Waals surface area (Å²) in [5.41, 5.74) is -0.0558. The number of ether oxygens (including phenoxy) is 1. The van der Waals surface area contributed by atoms with Crippen molar-refractivity contribution in [3.8, 4) is 0 Å². The predicted molar refractivity (Wildman–Crippen MR) is 175 cm³/mol. The highest BCUT2D eigenvalue weighted by Gasteiger charge is 2.75. The number of carbonyl (C=O) groups excluding carboxylic acids is 3. The van der Waals surface area contributed by atoms with Crippen molar-refractivity contribution in [2.24, 2.45) is 11.8 Å². The molecule has 0 radical (unpaired) electrons. The van der Waals surface area contributed by atoms with Crippen LogP contribution in [-0.4, -0.2) is 75.6 Å². The first-order valence-corrected chi connectivity index (χ1v) is 16.1. The molecule has 0 saturated carbocycles. The summed E-state index contributed by atoms with van der Waals surface area (Å²) in [7, 11) is 0. The van der Waals surface area contributed by atoms with Crippen LogP contribution in [0.5, 0.6) is 0 Å². The Balaban J connectivity index is 1.34. The zero-order valence-electron chi connectivity index (χ0n) is 25.5. The Morgan fingerprint density at radius 1 is 0.826 bits per heavy atom. The highest BCUT2D eigenvalue weighted by atomic mass is 35.5. The highest BCUT2D eigenvalue weighted by Crippen LogP contribution is 2.58. The van der Waals surface area contributed by atoms with E-state index >= 15 is 0 Å². The quantitative estimate of drug-likeness (QED) is 0.388. The summed E-state index contributed by atoms with van der Waals surface area (Å²) in [6.07, 6.45) is 7.82. The van der Waals surface area contributed by atoms with Crippen molar-refractivity contribution in [2.45, 2.75) is 43.2 Å². The molecule has 9 heteroatoms. The van der Waals surface area contributed by atoms with Crippen LogP contribution in [-0.2, 0) is 32.1 Å². The van der Waals surface area contributed by atoms with Gasteiger partial charge in [0.1, 0.15) is 11.6 Å². The van der Waals surface area contributed by atoms with Gasteiger partial charge in [0.15, 0.2) is 0 Å². The Kier molecular flexibility index (Phi) is 7.83. The summed E-state index contributed by atoms with van der Waals surface area (Å²) < 4.78 is 6.98. The van der Waals surface area contributed by atoms with E-state index in [-0.39, 0.29) is 30.9 Å². The van der Waals surface area contributed by atoms with Gasteiger partial charge in [-0.15, -0.1) is 0 Å². The summed E-state index contributed by atoms with van der Waals surface area (Å²) in [6.45, 7) is 2.46. The van der Waals surface area contributed by atoms with Gasteiger partial charge in [-0.1, -0.05) is 96.6 Å². The van der Waals surface area contributed by atoms with Crippen molar-refractivity contribution < 1.29 is 24.2 Å². The first-order valence-electron chi connectivity index (χ1n) is 15.7. The molecule has 3 amide bonds. The molecule has 0 aliphatic carbocycles. The molecule has 46 heavy (non-hydrogen) atoms. The van der Waals surface area contributed by atoms with Gasteiger partial charge in [0.25, 0.3) is 5.91 Å². The molecule has 1 spiro atoms. The van der Waals surface area contributed by atoms with Crippen molar-refractivity contribution in [1.82, 2.24) is 9.80 Å². The van der Waals surface area contributed by atoms with Gasteiger partial charge in [0.05, 0.1) is 30.1 Å². The first kappa shape index (κ1) is 30.4. The van der Waals surface area contributed by atoms with Crippen LogP contribution in [0, 0.1) is 11.8 Å². The average Bonchev–Trinajstić information content (AvgIpc) is 3.34. The molecule has 0 aromatic heterocycles. The largest absolute Gasteiger partial charge is 0.394 e. The smallest absolute Gasteiger partial charge is 0.253 e. The molecule has 8 nitrogen and oxygen atoms in total. The number of hydrogen-bond donors (Lipinski definition) is 1. The predicted octanol–water partition coefficient (Wildman–Crippen LogP) is 4.42. The second-order valence-electron chi connectivity index (χ2n) is 12.7. The van der Waals surface area contributed by atoms with E-state index in [4.69, 9.17) is 16.3 Å². The molecule has 2 fully saturated rings. The Hall–Kier alpha value is -4.24. The fourth-order valence-corrected chi connectivity index (χ4v) is 7.97. The monoisotopic (exact) mass is 637 g/mol. The third kappa shape index (κ3) is 4.96. The van der Waals surface area contributed by atoms with Crippen LogP contribution < -0.4 is 4.90 Å². The summed E-state index contributed by atoms with van der Waals surface area (Å²) in [5.74, 6) is -2.77. The molecule has 3 aromatic carbocycles. The summed E-state index contributed by atoms with van der Waals surface area (Å²) in [4.78, 5) is 49.2. The topological polar surface area (TPSA) is 90.4 Å². The maximum atomic E-state index is 14.9. The van der Waals surface area contributed by atoms with Crippen molar-refractivity contribution in [3.05, 3.63) is 125 Å². The lowest BCUT2D eigenvalue weighted by Crippen LogP contribution is -2.59. The third-order valence-corrected chi connectivity index (χ3v) is 10.1. The number of amides is 3. The van der Waals surface area contributed by atoms with E-state index in [0.29, 0.717) is 30.2 Å². The summed E-state index contributed by atoms with van der Waals surface area (Å²) in [6, 6.07) is 24.5. The van der Waals surface area contributed by atoms with Crippen LogP contribution in [0.25, 0.3) is 0 Å². The molecular weight excluding hydrogens is 602 g/mol. The number of aliphatic hydroxyl groups excluding tert-OH is 1. The van der Waals surface area contributed by atoms with Crippen molar-refractivity contribution in [1.29, 1.82) is 0 Å². The van der Waals surface area contributed by atoms with E-state index in [1.165, 1.54) is 4.90 Å². The van der Waals surface area contributed by atoms with Gasteiger partial charge in [0, 0.05) is 30.3 Å². The van der Waals surface area contributed by atoms with E-state index in [1.807, 2.05) is 91.9 Å². The Morgan fingerprint density at radius 3 is 2.15 bits per heavy atom. The molecule has 7 rings (SSSR count). The number of anilines is 1. The van der Waals surface area contributed by atoms with Gasteiger partial charge in [0.2, 0.25) is 11.8 Å². The second kappa shape index (κ2) is 11.8. The van der Waals surface area contributed by atoms with E-state index in [0.717, 1.165) is 11.1 Å². The fourth-order valence-electron chi connectivity index (χ4n) is 7.84. The molecule has 4 aliphatic rings. The second-order valence-corrected chi connectivity index (χ2v) is 13.1. The lowest BCUT2D eigenvalue weighted by Gasteiger charge is -2.40. The molecule has 4 aliphatic heterocycles. The number of benzene rings is 3. The van der Waals surface area contributed by atoms with Crippen LogP contribution in [0.4, 0.5) is 5.69 Å². The van der Waals surface area contributed by atoms with E-state index in [1.54, 1.807) is 34.1 Å². The zero-order valence-corrected chi connectivity index (χ0v) is 26.3. The number of likely N-dealkylation sites (tertiary alicyclic amines) is 1. The van der Waals surface area contributed by atoms with E-state index in [2.05, 4.69) is 0 Å². The Bertz CT molecular complexity index is 1700. The minimum absolute atomic E-state index is 0.199. The van der Waals surface area contributed by atoms with Crippen molar-refractivity contribution in [2.75, 3.05) is 24.6 Å². The fraction of sp³-hybridized carbons (Fsp3) is 0.324. The normalized spacial score (nSPS) is 29.3. The van der Waals surface area contributed by atoms with Crippen LogP contribution in [0.2, 0.25) is 5.02 Å². The number of nitrogens with zero attached hydrogens (tertiary/aromatic N) is 3. The molecule has 3 aromatic rings. The number of fused-ring (bicyclic) bond motifs is 2. The standard InChI is InChI=1S/C37H36ClN3O5/c1-36-18-8-20-39(23-26-12-6-3-7-13-26)33(43)30(36)31-34(44)41(29(24-42)22-25-10-4-2-5-11-25)32-35(45)40(21-9-19-37(31,32)46-36)28-16-14-27(38)15-17-28/h2-19,29-32,42H,20-24H2,1H3/t29-,30+,31+,32?,36-,37+/m1/s1. The molecule has 1 unspecified atom stereocenters. The number of carbonyl (C=O) groups is 3. The van der Waals surface area contributed by atoms with Crippen LogP contribution in [0.1, 0.15) is 18.1 Å². The molecular formula is C37H36ClN3O5. The summed E-state index contributed by atoms with van der Waals surface area (Å²) >= 11 is 6.17. The van der Waals surface area contributed by atoms with Crippen LogP contribution >= 0.6 is 11.6 Å². The lowest BCUT2D eigenvalue weighted by molar-refractivity contribution is -0.151. The molecule has 236 valence electrons. The first-order chi connectivity index (χ1) is 22.3. The zero-order chi connectivity index (χ0) is 32.1. The van der Waals surface area contributed by atoms with Gasteiger partial charge < -0.3 is 24.5 Å². The highest BCUT2D eigenvalue weighted by molar-refractivity contribution is 6.30. The lowest BCUT2D eigenvalue weighted by atomic mass is 9.74. The maximum Gasteiger partial charge on any atom is 0.253 e. The molecule has 1 N–H and O–H groups in total. The number of halogens is 1. The van der Waals surface area contributed by atoms with Gasteiger partial charge in [-0.25, -0.2) is 0 Å². The SMILES string of the molecule is C[C@@]12C=CCN(Cc3ccccc3)C(=O)[C@@H]1[C@H]1C(=O)N([C@@H](CO)Cc3ccccc3)C3C(=O)N(c4ccc(Cl)cc4)CC=C[C@@]31O2. The number of hydrogen-bond acceptors (Lipinski definition) is 5. The van der Waals surface area contributed by atoms with E-state index < -0.39 is 35.1 Å². The maximum absolute atomic E-state index is 14.9. The van der Waals surface area contributed by atoms with E-state index in [9.17, 15) is 19.5 Å². The van der Waals surface area contributed by atoms with Gasteiger partial charge >= 0.3 is 0 Å². The van der Waals surface area contributed by atoms with Crippen LogP contribution in [0.3, 0.4) is 0 Å². The summed E-state index contributed by atoms with van der Waals surface area (Å²) in [5, 5.41) is 11.3. The molecule has 0 bridgehead atoms. The van der Waals surface area contributed by atoms with Crippen LogP contribution in [0.15, 0.2) is 109 Å². The third-order valence-electron chi connectivity index (χ3n) is 9.85. The minimum atomic E-state index is -1.44. The number of aliphatic hydroxyl groups is 1. The van der Waals surface area contributed by atoms with Crippen molar-refractivity contribution >= 4 is 35.0 Å². The Morgan fingerprint density at radius 2 is 1.48 bits per heavy atom. The van der Waals surface area contributed by atoms with Crippen molar-refractivity contribution in [3.63, 3.8) is 0 Å². The van der Waals surface area contributed by atoms with Gasteiger partial charge in [-0.05, 0) is 48.7 Å². The molecule has 2 saturated heterocycles.